The van der Waals surface area contributed by atoms with Crippen molar-refractivity contribution in [2.75, 3.05) is 0 Å². The van der Waals surface area contributed by atoms with Gasteiger partial charge in [-0.1, -0.05) is 13.8 Å². The number of hydrogen-bond donors (Lipinski definition) is 0. The molecule has 1 aromatic rings. The molecule has 1 heterocycles. The second-order valence-corrected chi connectivity index (χ2v) is 3.53. The Balaban J connectivity index is 2.74. The molecule has 1 rings (SSSR count). The highest BCUT2D eigenvalue weighted by molar-refractivity contribution is 7.31. The average molecular weight is 141 g/mol. The molecular weight excluding hydrogens is 129 g/mol. The number of aromatic nitrogens is 1. The predicted molar refractivity (Wildman–Crippen MR) is 42.5 cm³/mol. The summed E-state index contributed by atoms with van der Waals surface area (Å²) in [6.45, 7) is 4.35. The van der Waals surface area contributed by atoms with Gasteiger partial charge in [0.25, 0.3) is 0 Å². The molecule has 0 aliphatic rings. The van der Waals surface area contributed by atoms with Crippen molar-refractivity contribution < 1.29 is 0 Å². The van der Waals surface area contributed by atoms with E-state index >= 15 is 0 Å². The standard InChI is InChI=1S/C7H12NP/c1-3-6-5-8-7(4-2)9-6/h5,9H,3-4H2,1-2H3. The monoisotopic (exact) mass is 141 g/mol. The molecule has 50 valence electrons. The van der Waals surface area contributed by atoms with Gasteiger partial charge in [-0.05, 0) is 18.1 Å². The quantitative estimate of drug-likeness (QED) is 0.615. The molecule has 1 unspecified atom stereocenters. The first-order valence-corrected chi connectivity index (χ1v) is 4.39. The maximum absolute atomic E-state index is 4.27. The van der Waals surface area contributed by atoms with Crippen molar-refractivity contribution in [1.29, 1.82) is 0 Å². The van der Waals surface area contributed by atoms with Crippen molar-refractivity contribution >= 4 is 8.19 Å². The third-order valence-electron chi connectivity index (χ3n) is 1.40. The normalized spacial score (nSPS) is 10.9. The lowest BCUT2D eigenvalue weighted by molar-refractivity contribution is 1.09. The van der Waals surface area contributed by atoms with Gasteiger partial charge < -0.3 is 0 Å². The maximum Gasteiger partial charge on any atom is 0.0561 e. The van der Waals surface area contributed by atoms with Crippen molar-refractivity contribution in [1.82, 2.24) is 4.98 Å². The van der Waals surface area contributed by atoms with Crippen molar-refractivity contribution in [3.8, 4) is 0 Å². The maximum atomic E-state index is 4.27. The third-order valence-corrected chi connectivity index (χ3v) is 2.97. The Hall–Kier alpha value is -0.290. The van der Waals surface area contributed by atoms with Gasteiger partial charge in [-0.2, -0.15) is 0 Å². The van der Waals surface area contributed by atoms with E-state index < -0.39 is 0 Å². The highest BCUT2D eigenvalue weighted by Gasteiger charge is 1.93. The molecule has 9 heavy (non-hydrogen) atoms. The van der Waals surface area contributed by atoms with E-state index in [0.29, 0.717) is 0 Å². The molecule has 0 fully saturated rings. The second-order valence-electron chi connectivity index (χ2n) is 2.06. The minimum Gasteiger partial charge on any atom is -0.257 e. The Morgan fingerprint density at radius 1 is 1.44 bits per heavy atom. The summed E-state index contributed by atoms with van der Waals surface area (Å²) in [6, 6.07) is 0. The summed E-state index contributed by atoms with van der Waals surface area (Å²) in [4.78, 5) is 4.27. The van der Waals surface area contributed by atoms with Crippen LogP contribution in [0, 0.1) is 0 Å². The first kappa shape index (κ1) is 6.82. The fourth-order valence-corrected chi connectivity index (χ4v) is 1.75. The van der Waals surface area contributed by atoms with E-state index in [1.54, 1.807) is 0 Å². The molecule has 1 atom stereocenters. The molecule has 2 heteroatoms. The molecule has 0 radical (unpaired) electrons. The van der Waals surface area contributed by atoms with Crippen LogP contribution in [0.4, 0.5) is 0 Å². The Bertz CT molecular complexity index is 162. The Kier molecular flexibility index (Phi) is 2.29. The number of hydrogen-bond acceptors (Lipinski definition) is 1. The first-order valence-electron chi connectivity index (χ1n) is 3.39. The zero-order valence-corrected chi connectivity index (χ0v) is 6.94. The van der Waals surface area contributed by atoms with Gasteiger partial charge in [-0.15, -0.1) is 8.19 Å². The first-order chi connectivity index (χ1) is 4.36. The van der Waals surface area contributed by atoms with Gasteiger partial charge in [-0.3, -0.25) is 4.98 Å². The van der Waals surface area contributed by atoms with Crippen LogP contribution in [0.2, 0.25) is 0 Å². The molecule has 0 aliphatic carbocycles. The Labute approximate surface area is 57.6 Å². The van der Waals surface area contributed by atoms with Gasteiger partial charge in [-0.25, -0.2) is 0 Å². The van der Waals surface area contributed by atoms with Crippen molar-refractivity contribution in [3.05, 3.63) is 16.9 Å². The molecular formula is C7H12NP. The minimum atomic E-state index is 0.902. The van der Waals surface area contributed by atoms with Crippen LogP contribution < -0.4 is 0 Å². The second kappa shape index (κ2) is 3.03. The molecule has 0 amide bonds. The van der Waals surface area contributed by atoms with Crippen LogP contribution in [-0.2, 0) is 12.8 Å². The molecule has 0 saturated heterocycles. The average Bonchev–Trinajstić information content (AvgIpc) is 2.34. The molecule has 0 N–H and O–H groups in total. The topological polar surface area (TPSA) is 12.9 Å². The van der Waals surface area contributed by atoms with Crippen LogP contribution in [0.1, 0.15) is 24.6 Å². The summed E-state index contributed by atoms with van der Waals surface area (Å²) in [5.41, 5.74) is 1.37. The highest BCUT2D eigenvalue weighted by Crippen LogP contribution is 2.19. The summed E-state index contributed by atoms with van der Waals surface area (Å²) in [7, 11) is 0.902. The lowest BCUT2D eigenvalue weighted by atomic mass is 10.4. The van der Waals surface area contributed by atoms with E-state index in [9.17, 15) is 0 Å². The van der Waals surface area contributed by atoms with Gasteiger partial charge in [0, 0.05) is 6.20 Å². The fraction of sp³-hybridized carbons (Fsp3) is 0.571. The highest BCUT2D eigenvalue weighted by atomic mass is 31.0. The molecule has 0 saturated carbocycles. The number of aryl methyl sites for hydroxylation is 2. The lowest BCUT2D eigenvalue weighted by Gasteiger charge is -1.83. The molecule has 0 spiro atoms. The fourth-order valence-electron chi connectivity index (χ4n) is 0.765. The van der Waals surface area contributed by atoms with Crippen LogP contribution in [0.25, 0.3) is 0 Å². The van der Waals surface area contributed by atoms with E-state index in [0.717, 1.165) is 14.6 Å². The van der Waals surface area contributed by atoms with E-state index in [1.165, 1.54) is 17.1 Å². The Morgan fingerprint density at radius 3 is 2.56 bits per heavy atom. The van der Waals surface area contributed by atoms with Gasteiger partial charge in [0.05, 0.1) is 5.43 Å². The van der Waals surface area contributed by atoms with Crippen LogP contribution in [0.5, 0.6) is 0 Å². The van der Waals surface area contributed by atoms with Crippen molar-refractivity contribution in [3.63, 3.8) is 0 Å². The van der Waals surface area contributed by atoms with Crippen molar-refractivity contribution in [2.45, 2.75) is 26.7 Å². The van der Waals surface area contributed by atoms with E-state index in [1.807, 2.05) is 6.20 Å². The number of rotatable bonds is 2. The molecule has 1 nitrogen and oxygen atoms in total. The summed E-state index contributed by atoms with van der Waals surface area (Å²) >= 11 is 0. The largest absolute Gasteiger partial charge is 0.257 e. The van der Waals surface area contributed by atoms with Gasteiger partial charge in [0.1, 0.15) is 0 Å². The Morgan fingerprint density at radius 2 is 2.22 bits per heavy atom. The van der Waals surface area contributed by atoms with Gasteiger partial charge >= 0.3 is 0 Å². The third kappa shape index (κ3) is 1.56. The van der Waals surface area contributed by atoms with Crippen LogP contribution in [0.3, 0.4) is 0 Å². The smallest absolute Gasteiger partial charge is 0.0561 e. The molecule has 1 aromatic heterocycles. The zero-order chi connectivity index (χ0) is 6.69. The minimum absolute atomic E-state index is 0.902. The molecule has 0 bridgehead atoms. The van der Waals surface area contributed by atoms with Crippen LogP contribution in [0.15, 0.2) is 6.20 Å². The summed E-state index contributed by atoms with van der Waals surface area (Å²) < 4.78 is 0. The van der Waals surface area contributed by atoms with Gasteiger partial charge in [0.15, 0.2) is 0 Å². The lowest BCUT2D eigenvalue weighted by Crippen LogP contribution is -1.70. The van der Waals surface area contributed by atoms with E-state index in [2.05, 4.69) is 18.8 Å². The zero-order valence-electron chi connectivity index (χ0n) is 5.94. The SMILES string of the molecule is CCc1cnc(CC)[pH]1. The van der Waals surface area contributed by atoms with E-state index in [4.69, 9.17) is 0 Å². The van der Waals surface area contributed by atoms with Crippen molar-refractivity contribution in [2.24, 2.45) is 0 Å². The van der Waals surface area contributed by atoms with Gasteiger partial charge in [0.2, 0.25) is 0 Å². The molecule has 0 aliphatic heterocycles. The molecule has 0 aromatic carbocycles. The van der Waals surface area contributed by atoms with E-state index in [-0.39, 0.29) is 0 Å². The predicted octanol–water partition coefficient (Wildman–Crippen LogP) is 2.24. The summed E-state index contributed by atoms with van der Waals surface area (Å²) in [6.07, 6.45) is 4.32. The summed E-state index contributed by atoms with van der Waals surface area (Å²) in [5, 5.41) is 1.51. The van der Waals surface area contributed by atoms with Crippen LogP contribution >= 0.6 is 8.19 Å². The number of nitrogens with zero attached hydrogens (tertiary/aromatic N) is 1. The van der Waals surface area contributed by atoms with Crippen LogP contribution in [-0.4, -0.2) is 4.98 Å². The summed E-state index contributed by atoms with van der Waals surface area (Å²) in [5.74, 6) is 0.